The molecule has 0 aromatic heterocycles. The fraction of sp³-hybridized carbons (Fsp3) is 0.850. The summed E-state index contributed by atoms with van der Waals surface area (Å²) in [6.45, 7) is 13.6. The highest BCUT2D eigenvalue weighted by Gasteiger charge is 2.15. The van der Waals surface area contributed by atoms with Crippen LogP contribution in [0.1, 0.15) is 80.1 Å². The van der Waals surface area contributed by atoms with Crippen LogP contribution >= 0.6 is 0 Å². The van der Waals surface area contributed by atoms with Crippen LogP contribution in [0.25, 0.3) is 0 Å². The molecule has 2 atom stereocenters. The first-order valence-corrected chi connectivity index (χ1v) is 9.58. The summed E-state index contributed by atoms with van der Waals surface area (Å²) >= 11 is 0. The molecule has 4 nitrogen and oxygen atoms in total. The molecule has 0 aliphatic carbocycles. The third kappa shape index (κ3) is 8.07. The Labute approximate surface area is 148 Å². The summed E-state index contributed by atoms with van der Waals surface area (Å²) in [6, 6.07) is 0. The lowest BCUT2D eigenvalue weighted by atomic mass is 9.96. The minimum Gasteiger partial charge on any atom is -0.466 e. The topological polar surface area (TPSA) is 51.0 Å². The maximum absolute atomic E-state index is 11.9. The molecule has 0 bridgehead atoms. The smallest absolute Gasteiger partial charge is 0.306 e. The summed E-state index contributed by atoms with van der Waals surface area (Å²) in [7, 11) is 0. The van der Waals surface area contributed by atoms with Gasteiger partial charge in [-0.05, 0) is 55.8 Å². The van der Waals surface area contributed by atoms with E-state index in [1.54, 1.807) is 0 Å². The van der Waals surface area contributed by atoms with Crippen LogP contribution in [0, 0.1) is 23.7 Å². The summed E-state index contributed by atoms with van der Waals surface area (Å²) < 4.78 is 5.41. The van der Waals surface area contributed by atoms with Gasteiger partial charge in [-0.25, -0.2) is 0 Å². The quantitative estimate of drug-likeness (QED) is 0.645. The number of carbonyl (C=O) groups excluding carboxylic acids is 1. The maximum Gasteiger partial charge on any atom is 0.306 e. The summed E-state index contributed by atoms with van der Waals surface area (Å²) in [6.07, 6.45) is 5.31. The zero-order valence-electron chi connectivity index (χ0n) is 16.5. The molecule has 0 N–H and O–H groups in total. The number of nitrogens with zero attached hydrogens (tertiary/aromatic N) is 2. The van der Waals surface area contributed by atoms with Crippen molar-refractivity contribution >= 4 is 17.4 Å². The van der Waals surface area contributed by atoms with Gasteiger partial charge in [0.05, 0.1) is 6.61 Å². The van der Waals surface area contributed by atoms with Gasteiger partial charge in [-0.15, -0.1) is 0 Å². The summed E-state index contributed by atoms with van der Waals surface area (Å²) in [5.74, 6) is 1.58. The second-order valence-electron chi connectivity index (χ2n) is 7.99. The molecule has 0 fully saturated rings. The average Bonchev–Trinajstić information content (AvgIpc) is 2.48. The maximum atomic E-state index is 11.9. The van der Waals surface area contributed by atoms with Crippen molar-refractivity contribution in [2.75, 3.05) is 6.61 Å². The van der Waals surface area contributed by atoms with E-state index in [1.165, 1.54) is 5.71 Å². The molecule has 0 saturated carbocycles. The van der Waals surface area contributed by atoms with Crippen molar-refractivity contribution < 1.29 is 9.53 Å². The van der Waals surface area contributed by atoms with E-state index in [9.17, 15) is 4.79 Å². The number of esters is 1. The van der Waals surface area contributed by atoms with Crippen molar-refractivity contribution in [3.63, 3.8) is 0 Å². The number of rotatable bonds is 2. The van der Waals surface area contributed by atoms with E-state index in [0.717, 1.165) is 37.8 Å². The molecule has 1 aliphatic rings. The van der Waals surface area contributed by atoms with Crippen LogP contribution in [0.4, 0.5) is 0 Å². The third-order valence-electron chi connectivity index (χ3n) is 4.82. The summed E-state index contributed by atoms with van der Waals surface area (Å²) in [4.78, 5) is 11.9. The third-order valence-corrected chi connectivity index (χ3v) is 4.82. The van der Waals surface area contributed by atoms with Gasteiger partial charge in [-0.2, -0.15) is 10.2 Å². The van der Waals surface area contributed by atoms with Crippen molar-refractivity contribution in [1.29, 1.82) is 0 Å². The molecule has 0 saturated heterocycles. The van der Waals surface area contributed by atoms with Crippen molar-refractivity contribution in [3.8, 4) is 0 Å². The Kier molecular flexibility index (Phi) is 9.24. The molecular formula is C20H36N2O2. The zero-order chi connectivity index (χ0) is 18.1. The van der Waals surface area contributed by atoms with Crippen molar-refractivity contribution in [2.45, 2.75) is 80.1 Å². The minimum absolute atomic E-state index is 0.0632. The fourth-order valence-electron chi connectivity index (χ4n) is 2.79. The van der Waals surface area contributed by atoms with Crippen molar-refractivity contribution in [3.05, 3.63) is 0 Å². The molecule has 138 valence electrons. The number of hydrogen-bond acceptors (Lipinski definition) is 4. The number of ether oxygens (including phenoxy) is 1. The molecule has 0 unspecified atom stereocenters. The van der Waals surface area contributed by atoms with Gasteiger partial charge in [0.1, 0.15) is 0 Å². The van der Waals surface area contributed by atoms with E-state index < -0.39 is 0 Å². The Balaban J connectivity index is 2.93. The van der Waals surface area contributed by atoms with Gasteiger partial charge in [-0.3, -0.25) is 4.79 Å². The predicted molar refractivity (Wildman–Crippen MR) is 102 cm³/mol. The fourth-order valence-corrected chi connectivity index (χ4v) is 2.79. The van der Waals surface area contributed by atoms with Gasteiger partial charge < -0.3 is 4.74 Å². The van der Waals surface area contributed by atoms with E-state index >= 15 is 0 Å². The van der Waals surface area contributed by atoms with Crippen LogP contribution in [0.5, 0.6) is 0 Å². The predicted octanol–water partition coefficient (Wildman–Crippen LogP) is 5.27. The van der Waals surface area contributed by atoms with Crippen molar-refractivity contribution in [1.82, 2.24) is 0 Å². The lowest BCUT2D eigenvalue weighted by Gasteiger charge is -2.14. The summed E-state index contributed by atoms with van der Waals surface area (Å²) in [5, 5.41) is 9.22. The minimum atomic E-state index is -0.0632. The van der Waals surface area contributed by atoms with Gasteiger partial charge in [0, 0.05) is 17.8 Å². The highest BCUT2D eigenvalue weighted by molar-refractivity contribution is 5.89. The highest BCUT2D eigenvalue weighted by atomic mass is 16.5. The van der Waals surface area contributed by atoms with E-state index in [0.29, 0.717) is 36.7 Å². The van der Waals surface area contributed by atoms with Gasteiger partial charge in [-0.1, -0.05) is 41.5 Å². The Morgan fingerprint density at radius 3 is 1.88 bits per heavy atom. The molecule has 4 heteroatoms. The monoisotopic (exact) mass is 336 g/mol. The molecule has 0 aromatic rings. The number of cyclic esters (lactones) is 1. The Morgan fingerprint density at radius 2 is 1.38 bits per heavy atom. The molecule has 0 spiro atoms. The second-order valence-corrected chi connectivity index (χ2v) is 7.99. The molecule has 0 radical (unpaired) electrons. The zero-order valence-corrected chi connectivity index (χ0v) is 16.5. The lowest BCUT2D eigenvalue weighted by Crippen LogP contribution is -2.14. The first-order valence-electron chi connectivity index (χ1n) is 9.58. The second kappa shape index (κ2) is 10.6. The molecule has 0 aromatic carbocycles. The average molecular weight is 337 g/mol. The van der Waals surface area contributed by atoms with E-state index in [4.69, 9.17) is 4.74 Å². The van der Waals surface area contributed by atoms with E-state index in [1.807, 2.05) is 0 Å². The Hall–Kier alpha value is -1.19. The van der Waals surface area contributed by atoms with Gasteiger partial charge in [0.15, 0.2) is 0 Å². The van der Waals surface area contributed by atoms with Crippen LogP contribution in [0.3, 0.4) is 0 Å². The van der Waals surface area contributed by atoms with Crippen LogP contribution in [-0.2, 0) is 9.53 Å². The molecule has 0 amide bonds. The lowest BCUT2D eigenvalue weighted by molar-refractivity contribution is -0.145. The van der Waals surface area contributed by atoms with Gasteiger partial charge >= 0.3 is 5.97 Å². The standard InChI is InChI=1S/C20H36N2O2/c1-14(2)18-9-7-16(5)11-12-24-20(23)13-17(6)8-10-19(15(3)4)22-21-18/h14-17H,7-13H2,1-6H3/b21-18+,22-19+/t16-,17-/m1/s1. The highest BCUT2D eigenvalue weighted by Crippen LogP contribution is 2.18. The van der Waals surface area contributed by atoms with E-state index in [-0.39, 0.29) is 5.97 Å². The SMILES string of the molecule is CC(C)/C1=N/N=C(/C(C)C)CC[C@@H](C)CC(=O)OCC[C@H](C)CC1. The molecule has 1 heterocycles. The van der Waals surface area contributed by atoms with Gasteiger partial charge in [0.25, 0.3) is 0 Å². The van der Waals surface area contributed by atoms with Gasteiger partial charge in [0.2, 0.25) is 0 Å². The largest absolute Gasteiger partial charge is 0.466 e. The first kappa shape index (κ1) is 20.9. The van der Waals surface area contributed by atoms with E-state index in [2.05, 4.69) is 51.7 Å². The van der Waals surface area contributed by atoms with Crippen LogP contribution in [-0.4, -0.2) is 24.0 Å². The Bertz CT molecular complexity index is 453. The normalized spacial score (nSPS) is 29.9. The van der Waals surface area contributed by atoms with Crippen LogP contribution < -0.4 is 0 Å². The first-order chi connectivity index (χ1) is 11.3. The van der Waals surface area contributed by atoms with Crippen molar-refractivity contribution in [2.24, 2.45) is 33.9 Å². The molecule has 1 rings (SSSR count). The Morgan fingerprint density at radius 1 is 0.875 bits per heavy atom. The van der Waals surface area contributed by atoms with Crippen LogP contribution in [0.2, 0.25) is 0 Å². The number of carbonyl (C=O) groups is 1. The number of hydrogen-bond donors (Lipinski definition) is 0. The molecule has 1 aliphatic heterocycles. The molecule has 24 heavy (non-hydrogen) atoms. The van der Waals surface area contributed by atoms with Crippen LogP contribution in [0.15, 0.2) is 10.2 Å². The summed E-state index contributed by atoms with van der Waals surface area (Å²) in [5.41, 5.74) is 2.32. The molecular weight excluding hydrogens is 300 g/mol.